The SMILES string of the molecule is COc1ccc(CCNC(=O)CNc2cccc(F)c2)cc1OC. The van der Waals surface area contributed by atoms with E-state index in [2.05, 4.69) is 10.6 Å². The van der Waals surface area contributed by atoms with E-state index in [0.717, 1.165) is 5.56 Å². The Morgan fingerprint density at radius 2 is 1.88 bits per heavy atom. The van der Waals surface area contributed by atoms with Crippen LogP contribution in [0.5, 0.6) is 11.5 Å². The largest absolute Gasteiger partial charge is 0.493 e. The molecule has 2 aromatic carbocycles. The molecular formula is C18H21FN2O3. The molecule has 5 nitrogen and oxygen atoms in total. The van der Waals surface area contributed by atoms with Gasteiger partial charge in [-0.15, -0.1) is 0 Å². The molecule has 2 rings (SSSR count). The van der Waals surface area contributed by atoms with Gasteiger partial charge in [0.05, 0.1) is 20.8 Å². The van der Waals surface area contributed by atoms with Gasteiger partial charge in [-0.2, -0.15) is 0 Å². The second-order valence-corrected chi connectivity index (χ2v) is 5.15. The number of ether oxygens (including phenoxy) is 2. The topological polar surface area (TPSA) is 59.6 Å². The summed E-state index contributed by atoms with van der Waals surface area (Å²) >= 11 is 0. The molecule has 0 bridgehead atoms. The van der Waals surface area contributed by atoms with Crippen molar-refractivity contribution < 1.29 is 18.7 Å². The highest BCUT2D eigenvalue weighted by Gasteiger charge is 2.05. The summed E-state index contributed by atoms with van der Waals surface area (Å²) in [5, 5.41) is 5.69. The zero-order valence-electron chi connectivity index (χ0n) is 13.8. The fourth-order valence-corrected chi connectivity index (χ4v) is 2.23. The van der Waals surface area contributed by atoms with Crippen molar-refractivity contribution in [3.05, 3.63) is 53.8 Å². The molecule has 0 fully saturated rings. The van der Waals surface area contributed by atoms with E-state index in [4.69, 9.17) is 9.47 Å². The molecule has 2 N–H and O–H groups in total. The maximum Gasteiger partial charge on any atom is 0.239 e. The van der Waals surface area contributed by atoms with Gasteiger partial charge >= 0.3 is 0 Å². The van der Waals surface area contributed by atoms with Crippen LogP contribution in [0.4, 0.5) is 10.1 Å². The van der Waals surface area contributed by atoms with Gasteiger partial charge in [-0.05, 0) is 42.3 Å². The third-order valence-corrected chi connectivity index (χ3v) is 3.46. The minimum Gasteiger partial charge on any atom is -0.493 e. The molecule has 0 saturated carbocycles. The number of hydrogen-bond acceptors (Lipinski definition) is 4. The molecule has 0 atom stereocenters. The smallest absolute Gasteiger partial charge is 0.239 e. The van der Waals surface area contributed by atoms with Gasteiger partial charge in [0.25, 0.3) is 0 Å². The molecule has 6 heteroatoms. The number of rotatable bonds is 8. The zero-order chi connectivity index (χ0) is 17.4. The Kier molecular flexibility index (Phi) is 6.42. The van der Waals surface area contributed by atoms with Crippen molar-refractivity contribution in [3.63, 3.8) is 0 Å². The first-order valence-corrected chi connectivity index (χ1v) is 7.59. The average Bonchev–Trinajstić information content (AvgIpc) is 2.60. The van der Waals surface area contributed by atoms with E-state index < -0.39 is 0 Å². The minimum atomic E-state index is -0.339. The van der Waals surface area contributed by atoms with E-state index in [1.165, 1.54) is 12.1 Å². The number of anilines is 1. The number of methoxy groups -OCH3 is 2. The molecule has 128 valence electrons. The van der Waals surface area contributed by atoms with Crippen molar-refractivity contribution in [2.75, 3.05) is 32.6 Å². The van der Waals surface area contributed by atoms with Crippen LogP contribution in [-0.2, 0) is 11.2 Å². The number of halogens is 1. The maximum absolute atomic E-state index is 13.0. The Hall–Kier alpha value is -2.76. The van der Waals surface area contributed by atoms with Crippen LogP contribution in [0.3, 0.4) is 0 Å². The second-order valence-electron chi connectivity index (χ2n) is 5.15. The van der Waals surface area contributed by atoms with Gasteiger partial charge in [0.1, 0.15) is 5.82 Å². The number of hydrogen-bond donors (Lipinski definition) is 2. The van der Waals surface area contributed by atoms with Crippen molar-refractivity contribution in [1.29, 1.82) is 0 Å². The van der Waals surface area contributed by atoms with Crippen LogP contribution >= 0.6 is 0 Å². The summed E-state index contributed by atoms with van der Waals surface area (Å²) in [5.41, 5.74) is 1.61. The zero-order valence-corrected chi connectivity index (χ0v) is 13.8. The summed E-state index contributed by atoms with van der Waals surface area (Å²) in [6.07, 6.45) is 0.673. The molecule has 24 heavy (non-hydrogen) atoms. The van der Waals surface area contributed by atoms with Gasteiger partial charge in [0, 0.05) is 12.2 Å². The van der Waals surface area contributed by atoms with Crippen LogP contribution in [0.1, 0.15) is 5.56 Å². The van der Waals surface area contributed by atoms with Crippen LogP contribution in [0.25, 0.3) is 0 Å². The fourth-order valence-electron chi connectivity index (χ4n) is 2.23. The molecule has 0 saturated heterocycles. The lowest BCUT2D eigenvalue weighted by molar-refractivity contribution is -0.119. The lowest BCUT2D eigenvalue weighted by Crippen LogP contribution is -2.31. The minimum absolute atomic E-state index is 0.0926. The molecule has 0 aliphatic carbocycles. The summed E-state index contributed by atoms with van der Waals surface area (Å²) in [4.78, 5) is 11.8. The van der Waals surface area contributed by atoms with Gasteiger partial charge in [0.2, 0.25) is 5.91 Å². The van der Waals surface area contributed by atoms with Crippen molar-refractivity contribution in [2.45, 2.75) is 6.42 Å². The standard InChI is InChI=1S/C18H21FN2O3/c1-23-16-7-6-13(10-17(16)24-2)8-9-20-18(22)12-21-15-5-3-4-14(19)11-15/h3-7,10-11,21H,8-9,12H2,1-2H3,(H,20,22). The molecule has 0 radical (unpaired) electrons. The predicted octanol–water partition coefficient (Wildman–Crippen LogP) is 2.61. The highest BCUT2D eigenvalue weighted by molar-refractivity contribution is 5.80. The molecule has 1 amide bonds. The Balaban J connectivity index is 1.76. The van der Waals surface area contributed by atoms with Crippen LogP contribution in [0.2, 0.25) is 0 Å². The van der Waals surface area contributed by atoms with Crippen molar-refractivity contribution in [2.24, 2.45) is 0 Å². The van der Waals surface area contributed by atoms with Gasteiger partial charge in [-0.1, -0.05) is 12.1 Å². The first kappa shape index (κ1) is 17.6. The molecule has 0 unspecified atom stereocenters. The molecule has 0 aliphatic heterocycles. The normalized spacial score (nSPS) is 10.1. The first-order chi connectivity index (χ1) is 11.6. The van der Waals surface area contributed by atoms with Crippen LogP contribution in [-0.4, -0.2) is 33.2 Å². The van der Waals surface area contributed by atoms with Gasteiger partial charge in [-0.25, -0.2) is 4.39 Å². The Labute approximate surface area is 140 Å². The lowest BCUT2D eigenvalue weighted by atomic mass is 10.1. The second kappa shape index (κ2) is 8.76. The van der Waals surface area contributed by atoms with Crippen LogP contribution in [0, 0.1) is 5.82 Å². The third kappa shape index (κ3) is 5.15. The van der Waals surface area contributed by atoms with Crippen molar-refractivity contribution >= 4 is 11.6 Å². The molecule has 0 heterocycles. The molecule has 0 spiro atoms. The Morgan fingerprint density at radius 3 is 2.58 bits per heavy atom. The maximum atomic E-state index is 13.0. The summed E-state index contributed by atoms with van der Waals surface area (Å²) < 4.78 is 23.5. The van der Waals surface area contributed by atoms with Crippen molar-refractivity contribution in [1.82, 2.24) is 5.32 Å². The summed E-state index contributed by atoms with van der Waals surface area (Å²) in [7, 11) is 3.17. The molecular weight excluding hydrogens is 311 g/mol. The average molecular weight is 332 g/mol. The Morgan fingerprint density at radius 1 is 1.08 bits per heavy atom. The third-order valence-electron chi connectivity index (χ3n) is 3.46. The highest BCUT2D eigenvalue weighted by atomic mass is 19.1. The quantitative estimate of drug-likeness (QED) is 0.780. The number of carbonyl (C=O) groups excluding carboxylic acids is 1. The molecule has 2 aromatic rings. The number of nitrogens with one attached hydrogen (secondary N) is 2. The van der Waals surface area contributed by atoms with E-state index in [9.17, 15) is 9.18 Å². The molecule has 0 aliphatic rings. The number of carbonyl (C=O) groups is 1. The highest BCUT2D eigenvalue weighted by Crippen LogP contribution is 2.27. The summed E-state index contributed by atoms with van der Waals surface area (Å²) in [5.74, 6) is 0.840. The monoisotopic (exact) mass is 332 g/mol. The van der Waals surface area contributed by atoms with Crippen LogP contribution in [0.15, 0.2) is 42.5 Å². The van der Waals surface area contributed by atoms with Gasteiger partial charge < -0.3 is 20.1 Å². The number of amides is 1. The predicted molar refractivity (Wildman–Crippen MR) is 91.1 cm³/mol. The van der Waals surface area contributed by atoms with Crippen LogP contribution < -0.4 is 20.1 Å². The van der Waals surface area contributed by atoms with E-state index in [-0.39, 0.29) is 18.3 Å². The first-order valence-electron chi connectivity index (χ1n) is 7.59. The molecule has 0 aromatic heterocycles. The van der Waals surface area contributed by atoms with Crippen molar-refractivity contribution in [3.8, 4) is 11.5 Å². The van der Waals surface area contributed by atoms with Gasteiger partial charge in [-0.3, -0.25) is 4.79 Å². The van der Waals surface area contributed by atoms with E-state index in [0.29, 0.717) is 30.2 Å². The van der Waals surface area contributed by atoms with E-state index in [1.54, 1.807) is 26.4 Å². The van der Waals surface area contributed by atoms with E-state index >= 15 is 0 Å². The van der Waals surface area contributed by atoms with Gasteiger partial charge in [0.15, 0.2) is 11.5 Å². The lowest BCUT2D eigenvalue weighted by Gasteiger charge is -2.10. The summed E-state index contributed by atoms with van der Waals surface area (Å²) in [6.45, 7) is 0.592. The Bertz CT molecular complexity index is 692. The summed E-state index contributed by atoms with van der Waals surface area (Å²) in [6, 6.07) is 11.6. The number of benzene rings is 2. The van der Waals surface area contributed by atoms with E-state index in [1.807, 2.05) is 18.2 Å². The fraction of sp³-hybridized carbons (Fsp3) is 0.278.